The molecule has 64 valence electrons. The Morgan fingerprint density at radius 1 is 1.42 bits per heavy atom. The topological polar surface area (TPSA) is 0 Å². The summed E-state index contributed by atoms with van der Waals surface area (Å²) in [5.74, 6) is 0.497. The van der Waals surface area contributed by atoms with E-state index in [0.29, 0.717) is 5.92 Å². The van der Waals surface area contributed by atoms with Crippen molar-refractivity contribution >= 4 is 17.7 Å². The lowest BCUT2D eigenvalue weighted by molar-refractivity contribution is 0.864. The predicted octanol–water partition coefficient (Wildman–Crippen LogP) is 4.11. The molecule has 1 aromatic rings. The Morgan fingerprint density at radius 3 is 2.50 bits per heavy atom. The summed E-state index contributed by atoms with van der Waals surface area (Å²) < 4.78 is 0. The molecular formula is C11H13Cl. The van der Waals surface area contributed by atoms with Gasteiger partial charge >= 0.3 is 0 Å². The molecule has 1 aromatic carbocycles. The smallest absolute Gasteiger partial charge is 0.0481 e. The molecule has 0 N–H and O–H groups in total. The second kappa shape index (κ2) is 3.77. The minimum absolute atomic E-state index is 0.497. The highest BCUT2D eigenvalue weighted by atomic mass is 35.5. The Balaban J connectivity index is 3.27. The van der Waals surface area contributed by atoms with Crippen LogP contribution in [0.1, 0.15) is 30.9 Å². The molecular weight excluding hydrogens is 168 g/mol. The Hall–Kier alpha value is -0.750. The van der Waals surface area contributed by atoms with E-state index in [-0.39, 0.29) is 0 Å². The monoisotopic (exact) mass is 180 g/mol. The first kappa shape index (κ1) is 9.34. The molecule has 0 aliphatic rings. The average Bonchev–Trinajstić information content (AvgIpc) is 2.03. The molecule has 0 saturated carbocycles. The fourth-order valence-corrected chi connectivity index (χ4v) is 1.53. The van der Waals surface area contributed by atoms with Crippen LogP contribution >= 0.6 is 11.6 Å². The van der Waals surface area contributed by atoms with Gasteiger partial charge in [0.15, 0.2) is 0 Å². The summed E-state index contributed by atoms with van der Waals surface area (Å²) in [6.07, 6.45) is 1.82. The van der Waals surface area contributed by atoms with E-state index < -0.39 is 0 Å². The molecule has 0 aliphatic heterocycles. The Morgan fingerprint density at radius 2 is 2.08 bits per heavy atom. The van der Waals surface area contributed by atoms with Crippen LogP contribution in [0.2, 0.25) is 5.02 Å². The largest absolute Gasteiger partial charge is 0.0984 e. The zero-order valence-electron chi connectivity index (χ0n) is 7.47. The van der Waals surface area contributed by atoms with E-state index in [1.54, 1.807) is 0 Å². The van der Waals surface area contributed by atoms with Gasteiger partial charge in [-0.05, 0) is 23.1 Å². The van der Waals surface area contributed by atoms with Gasteiger partial charge in [0.05, 0.1) is 0 Å². The molecule has 0 saturated heterocycles. The summed E-state index contributed by atoms with van der Waals surface area (Å²) in [6.45, 7) is 8.05. The van der Waals surface area contributed by atoms with E-state index >= 15 is 0 Å². The maximum atomic E-state index is 6.00. The van der Waals surface area contributed by atoms with E-state index in [2.05, 4.69) is 26.5 Å². The number of rotatable bonds is 2. The minimum atomic E-state index is 0.497. The molecule has 0 bridgehead atoms. The average molecular weight is 181 g/mol. The van der Waals surface area contributed by atoms with Crippen LogP contribution < -0.4 is 0 Å². The number of hydrogen-bond donors (Lipinski definition) is 0. The van der Waals surface area contributed by atoms with E-state index in [1.807, 2.05) is 18.2 Å². The van der Waals surface area contributed by atoms with Crippen molar-refractivity contribution in [3.05, 3.63) is 40.9 Å². The number of benzene rings is 1. The molecule has 0 heterocycles. The second-order valence-electron chi connectivity index (χ2n) is 3.10. The molecule has 1 heteroatoms. The molecule has 0 spiro atoms. The Kier molecular flexibility index (Phi) is 2.93. The molecule has 0 aromatic heterocycles. The van der Waals surface area contributed by atoms with Crippen molar-refractivity contribution in [2.75, 3.05) is 0 Å². The summed E-state index contributed by atoms with van der Waals surface area (Å²) in [4.78, 5) is 0. The summed E-state index contributed by atoms with van der Waals surface area (Å²) in [7, 11) is 0. The lowest BCUT2D eigenvalue weighted by atomic mass is 9.97. The highest BCUT2D eigenvalue weighted by Crippen LogP contribution is 2.26. The summed E-state index contributed by atoms with van der Waals surface area (Å²) in [5.41, 5.74) is 2.33. The van der Waals surface area contributed by atoms with Gasteiger partial charge in [-0.3, -0.25) is 0 Å². The van der Waals surface area contributed by atoms with Gasteiger partial charge in [-0.1, -0.05) is 50.2 Å². The highest BCUT2D eigenvalue weighted by molar-refractivity contribution is 6.32. The van der Waals surface area contributed by atoms with E-state index in [9.17, 15) is 0 Å². The van der Waals surface area contributed by atoms with Gasteiger partial charge in [0, 0.05) is 5.02 Å². The molecule has 0 amide bonds. The predicted molar refractivity (Wildman–Crippen MR) is 55.6 cm³/mol. The van der Waals surface area contributed by atoms with Gasteiger partial charge in [0.25, 0.3) is 0 Å². The highest BCUT2D eigenvalue weighted by Gasteiger charge is 2.05. The molecule has 0 unspecified atom stereocenters. The van der Waals surface area contributed by atoms with Gasteiger partial charge in [-0.15, -0.1) is 0 Å². The first-order valence-corrected chi connectivity index (χ1v) is 4.45. The van der Waals surface area contributed by atoms with Gasteiger partial charge in [-0.2, -0.15) is 0 Å². The fourth-order valence-electron chi connectivity index (χ4n) is 1.27. The van der Waals surface area contributed by atoms with Crippen molar-refractivity contribution in [1.82, 2.24) is 0 Å². The summed E-state index contributed by atoms with van der Waals surface area (Å²) in [5, 5.41) is 0.788. The van der Waals surface area contributed by atoms with Crippen LogP contribution in [0.25, 0.3) is 6.08 Å². The van der Waals surface area contributed by atoms with Crippen molar-refractivity contribution in [2.24, 2.45) is 0 Å². The zero-order valence-corrected chi connectivity index (χ0v) is 8.23. The van der Waals surface area contributed by atoms with E-state index in [0.717, 1.165) is 10.6 Å². The quantitative estimate of drug-likeness (QED) is 0.643. The van der Waals surface area contributed by atoms with Crippen LogP contribution in [0.3, 0.4) is 0 Å². The minimum Gasteiger partial charge on any atom is -0.0984 e. The molecule has 0 nitrogen and oxygen atoms in total. The maximum Gasteiger partial charge on any atom is 0.0481 e. The number of halogens is 1. The number of hydrogen-bond acceptors (Lipinski definition) is 0. The lowest BCUT2D eigenvalue weighted by Gasteiger charge is -2.10. The van der Waals surface area contributed by atoms with Gasteiger partial charge in [0.2, 0.25) is 0 Å². The van der Waals surface area contributed by atoms with Gasteiger partial charge < -0.3 is 0 Å². The Labute approximate surface area is 78.9 Å². The first-order chi connectivity index (χ1) is 5.66. The van der Waals surface area contributed by atoms with Crippen LogP contribution in [-0.2, 0) is 0 Å². The molecule has 0 radical (unpaired) electrons. The van der Waals surface area contributed by atoms with Gasteiger partial charge in [-0.25, -0.2) is 0 Å². The normalized spacial score (nSPS) is 10.3. The van der Waals surface area contributed by atoms with Crippen LogP contribution in [0.15, 0.2) is 24.8 Å². The summed E-state index contributed by atoms with van der Waals surface area (Å²) in [6, 6.07) is 5.96. The fraction of sp³-hybridized carbons (Fsp3) is 0.273. The molecule has 12 heavy (non-hydrogen) atoms. The van der Waals surface area contributed by atoms with Crippen molar-refractivity contribution in [3.63, 3.8) is 0 Å². The van der Waals surface area contributed by atoms with Crippen molar-refractivity contribution < 1.29 is 0 Å². The van der Waals surface area contributed by atoms with Crippen molar-refractivity contribution in [2.45, 2.75) is 19.8 Å². The van der Waals surface area contributed by atoms with Crippen molar-refractivity contribution in [1.29, 1.82) is 0 Å². The third-order valence-electron chi connectivity index (χ3n) is 1.91. The van der Waals surface area contributed by atoms with Crippen molar-refractivity contribution in [3.8, 4) is 0 Å². The second-order valence-corrected chi connectivity index (χ2v) is 3.51. The van der Waals surface area contributed by atoms with Crippen LogP contribution in [0.5, 0.6) is 0 Å². The molecule has 0 aliphatic carbocycles. The molecule has 1 rings (SSSR count). The molecule has 0 atom stereocenters. The van der Waals surface area contributed by atoms with Crippen LogP contribution in [-0.4, -0.2) is 0 Å². The molecule has 0 fully saturated rings. The first-order valence-electron chi connectivity index (χ1n) is 4.07. The van der Waals surface area contributed by atoms with E-state index in [1.165, 1.54) is 5.56 Å². The zero-order chi connectivity index (χ0) is 9.14. The third kappa shape index (κ3) is 1.70. The maximum absolute atomic E-state index is 6.00. The lowest BCUT2D eigenvalue weighted by Crippen LogP contribution is -1.91. The Bertz CT molecular complexity index is 287. The van der Waals surface area contributed by atoms with E-state index in [4.69, 9.17) is 11.6 Å². The van der Waals surface area contributed by atoms with Gasteiger partial charge in [0.1, 0.15) is 0 Å². The SMILES string of the molecule is C=Cc1c(Cl)cccc1C(C)C. The van der Waals surface area contributed by atoms with Crippen LogP contribution in [0.4, 0.5) is 0 Å². The summed E-state index contributed by atoms with van der Waals surface area (Å²) >= 11 is 6.00. The third-order valence-corrected chi connectivity index (χ3v) is 2.24. The standard InChI is InChI=1S/C11H13Cl/c1-4-9-10(8(2)3)6-5-7-11(9)12/h4-8H,1H2,2-3H3. The van der Waals surface area contributed by atoms with Crippen LogP contribution in [0, 0.1) is 0 Å².